The maximum Gasteiger partial charge on any atom is 0.253 e. The Labute approximate surface area is 149 Å². The number of hydrogen-bond acceptors (Lipinski definition) is 4. The lowest BCUT2D eigenvalue weighted by molar-refractivity contribution is 0.0623. The van der Waals surface area contributed by atoms with Crippen LogP contribution in [0.25, 0.3) is 0 Å². The summed E-state index contributed by atoms with van der Waals surface area (Å²) in [7, 11) is -2.26. The first kappa shape index (κ1) is 18.2. The molecule has 1 saturated heterocycles. The normalized spacial score (nSPS) is 24.2. The van der Waals surface area contributed by atoms with E-state index in [1.165, 1.54) is 13.2 Å². The van der Waals surface area contributed by atoms with Crippen LogP contribution >= 0.6 is 0 Å². The average molecular weight is 366 g/mol. The molecule has 25 heavy (non-hydrogen) atoms. The number of methoxy groups -OCH3 is 1. The molecule has 1 heterocycles. The van der Waals surface area contributed by atoms with E-state index in [4.69, 9.17) is 4.74 Å². The van der Waals surface area contributed by atoms with Crippen molar-refractivity contribution in [2.45, 2.75) is 44.0 Å². The predicted octanol–water partition coefficient (Wildman–Crippen LogP) is 2.25. The lowest BCUT2D eigenvalue weighted by Gasteiger charge is -2.35. The van der Waals surface area contributed by atoms with E-state index in [9.17, 15) is 13.2 Å². The Morgan fingerprint density at radius 3 is 2.40 bits per heavy atom. The summed E-state index contributed by atoms with van der Waals surface area (Å²) in [6.45, 7) is 5.69. The molecule has 1 saturated carbocycles. The Kier molecular flexibility index (Phi) is 5.06. The lowest BCUT2D eigenvalue weighted by Crippen LogP contribution is -2.42. The van der Waals surface area contributed by atoms with Gasteiger partial charge in [-0.05, 0) is 49.3 Å². The Morgan fingerprint density at radius 2 is 1.84 bits per heavy atom. The second-order valence-corrected chi connectivity index (χ2v) is 9.10. The number of amides is 1. The van der Waals surface area contributed by atoms with Crippen molar-refractivity contribution in [3.8, 4) is 5.75 Å². The van der Waals surface area contributed by atoms with Gasteiger partial charge in [0.05, 0.1) is 7.11 Å². The maximum atomic E-state index is 12.9. The molecule has 1 aromatic carbocycles. The molecule has 2 aliphatic rings. The van der Waals surface area contributed by atoms with Crippen LogP contribution in [0.1, 0.15) is 43.5 Å². The molecule has 138 valence electrons. The third-order valence-electron chi connectivity index (χ3n) is 4.76. The number of carbonyl (C=O) groups is 1. The average Bonchev–Trinajstić information content (AvgIpc) is 3.36. The van der Waals surface area contributed by atoms with Gasteiger partial charge < -0.3 is 9.64 Å². The van der Waals surface area contributed by atoms with Crippen molar-refractivity contribution >= 4 is 15.9 Å². The van der Waals surface area contributed by atoms with E-state index in [2.05, 4.69) is 18.6 Å². The fourth-order valence-corrected chi connectivity index (χ4v) is 5.02. The van der Waals surface area contributed by atoms with E-state index >= 15 is 0 Å². The highest BCUT2D eigenvalue weighted by Gasteiger charge is 2.31. The van der Waals surface area contributed by atoms with Gasteiger partial charge in [0.2, 0.25) is 10.0 Å². The highest BCUT2D eigenvalue weighted by atomic mass is 32.2. The molecule has 2 unspecified atom stereocenters. The van der Waals surface area contributed by atoms with Crippen molar-refractivity contribution in [2.75, 3.05) is 20.2 Å². The van der Waals surface area contributed by atoms with E-state index < -0.39 is 10.0 Å². The summed E-state index contributed by atoms with van der Waals surface area (Å²) in [6.07, 6.45) is 2.81. The molecule has 6 nitrogen and oxygen atoms in total. The highest BCUT2D eigenvalue weighted by molar-refractivity contribution is 7.89. The number of sulfonamides is 1. The number of ether oxygens (including phenoxy) is 1. The van der Waals surface area contributed by atoms with E-state index in [1.807, 2.05) is 4.90 Å². The van der Waals surface area contributed by atoms with Crippen LogP contribution in [0.15, 0.2) is 23.1 Å². The predicted molar refractivity (Wildman–Crippen MR) is 95.2 cm³/mol. The fourth-order valence-electron chi connectivity index (χ4n) is 3.52. The van der Waals surface area contributed by atoms with Crippen molar-refractivity contribution in [1.29, 1.82) is 0 Å². The summed E-state index contributed by atoms with van der Waals surface area (Å²) in [4.78, 5) is 14.7. The van der Waals surface area contributed by atoms with E-state index in [0.717, 1.165) is 19.3 Å². The van der Waals surface area contributed by atoms with Crippen molar-refractivity contribution in [3.05, 3.63) is 23.8 Å². The summed E-state index contributed by atoms with van der Waals surface area (Å²) in [5.41, 5.74) is 0.387. The van der Waals surface area contributed by atoms with E-state index in [0.29, 0.717) is 30.5 Å². The molecule has 1 amide bonds. The number of likely N-dealkylation sites (tertiary alicyclic amines) is 1. The molecule has 0 aromatic heterocycles. The fraction of sp³-hybridized carbons (Fsp3) is 0.611. The van der Waals surface area contributed by atoms with Crippen LogP contribution in [-0.4, -0.2) is 45.5 Å². The molecule has 1 aliphatic carbocycles. The van der Waals surface area contributed by atoms with Gasteiger partial charge >= 0.3 is 0 Å². The zero-order valence-electron chi connectivity index (χ0n) is 15.0. The maximum absolute atomic E-state index is 12.9. The zero-order valence-corrected chi connectivity index (χ0v) is 15.8. The minimum Gasteiger partial charge on any atom is -0.495 e. The number of rotatable bonds is 5. The van der Waals surface area contributed by atoms with Crippen LogP contribution in [0, 0.1) is 11.8 Å². The van der Waals surface area contributed by atoms with Crippen molar-refractivity contribution in [1.82, 2.24) is 9.62 Å². The molecule has 7 heteroatoms. The number of piperidine rings is 1. The van der Waals surface area contributed by atoms with Crippen molar-refractivity contribution in [2.24, 2.45) is 11.8 Å². The van der Waals surface area contributed by atoms with Gasteiger partial charge in [-0.2, -0.15) is 0 Å². The second kappa shape index (κ2) is 6.96. The first-order valence-electron chi connectivity index (χ1n) is 8.80. The standard InChI is InChI=1S/C18H26N2O4S/c1-12-8-13(2)11-20(10-12)18(21)14-4-7-16(24-3)17(9-14)25(22,23)19-15-5-6-15/h4,7,9,12-13,15,19H,5-6,8,10-11H2,1-3H3. The Hall–Kier alpha value is -1.60. The zero-order chi connectivity index (χ0) is 18.2. The molecule has 0 bridgehead atoms. The number of benzene rings is 1. The summed E-state index contributed by atoms with van der Waals surface area (Å²) in [5.74, 6) is 1.03. The van der Waals surface area contributed by atoms with Gasteiger partial charge in [-0.3, -0.25) is 4.79 Å². The molecule has 1 aromatic rings. The molecule has 0 radical (unpaired) electrons. The summed E-state index contributed by atoms with van der Waals surface area (Å²) in [6, 6.07) is 4.64. The Bertz CT molecular complexity index is 748. The topological polar surface area (TPSA) is 75.7 Å². The van der Waals surface area contributed by atoms with E-state index in [1.54, 1.807) is 12.1 Å². The first-order chi connectivity index (χ1) is 11.8. The van der Waals surface area contributed by atoms with Crippen molar-refractivity contribution < 1.29 is 17.9 Å². The number of carbonyl (C=O) groups excluding carboxylic acids is 1. The highest BCUT2D eigenvalue weighted by Crippen LogP contribution is 2.29. The van der Waals surface area contributed by atoms with Gasteiger partial charge in [0.25, 0.3) is 5.91 Å². The molecule has 0 spiro atoms. The third kappa shape index (κ3) is 4.15. The quantitative estimate of drug-likeness (QED) is 0.867. The van der Waals surface area contributed by atoms with Gasteiger partial charge in [0.1, 0.15) is 10.6 Å². The van der Waals surface area contributed by atoms with E-state index in [-0.39, 0.29) is 22.6 Å². The Balaban J connectivity index is 1.89. The molecular formula is C18H26N2O4S. The second-order valence-electron chi connectivity index (χ2n) is 7.42. The van der Waals surface area contributed by atoms with Gasteiger partial charge in [0.15, 0.2) is 0 Å². The summed E-state index contributed by atoms with van der Waals surface area (Å²) in [5, 5.41) is 0. The van der Waals surface area contributed by atoms with Crippen LogP contribution in [0.2, 0.25) is 0 Å². The molecule has 1 N–H and O–H groups in total. The van der Waals surface area contributed by atoms with Crippen LogP contribution in [-0.2, 0) is 10.0 Å². The minimum atomic E-state index is -3.69. The minimum absolute atomic E-state index is 0.00198. The third-order valence-corrected chi connectivity index (χ3v) is 6.30. The van der Waals surface area contributed by atoms with Crippen LogP contribution in [0.3, 0.4) is 0 Å². The van der Waals surface area contributed by atoms with Gasteiger partial charge in [-0.25, -0.2) is 13.1 Å². The SMILES string of the molecule is COc1ccc(C(=O)N2CC(C)CC(C)C2)cc1S(=O)(=O)NC1CC1. The number of nitrogens with one attached hydrogen (secondary N) is 1. The lowest BCUT2D eigenvalue weighted by atomic mass is 9.91. The number of nitrogens with zero attached hydrogens (tertiary/aromatic N) is 1. The first-order valence-corrected chi connectivity index (χ1v) is 10.3. The molecule has 1 aliphatic heterocycles. The van der Waals surface area contributed by atoms with Gasteiger partial charge in [0, 0.05) is 24.7 Å². The smallest absolute Gasteiger partial charge is 0.253 e. The Morgan fingerprint density at radius 1 is 1.20 bits per heavy atom. The summed E-state index contributed by atoms with van der Waals surface area (Å²) >= 11 is 0. The van der Waals surface area contributed by atoms with Crippen LogP contribution in [0.5, 0.6) is 5.75 Å². The van der Waals surface area contributed by atoms with Crippen LogP contribution < -0.4 is 9.46 Å². The van der Waals surface area contributed by atoms with Crippen LogP contribution in [0.4, 0.5) is 0 Å². The molecular weight excluding hydrogens is 340 g/mol. The summed E-state index contributed by atoms with van der Waals surface area (Å²) < 4.78 is 33.1. The monoisotopic (exact) mass is 366 g/mol. The molecule has 2 fully saturated rings. The largest absolute Gasteiger partial charge is 0.495 e. The van der Waals surface area contributed by atoms with Gasteiger partial charge in [-0.15, -0.1) is 0 Å². The molecule has 2 atom stereocenters. The molecule has 3 rings (SSSR count). The van der Waals surface area contributed by atoms with Gasteiger partial charge in [-0.1, -0.05) is 13.8 Å². The number of hydrogen-bond donors (Lipinski definition) is 1. The van der Waals surface area contributed by atoms with Crippen molar-refractivity contribution in [3.63, 3.8) is 0 Å².